The van der Waals surface area contributed by atoms with Gasteiger partial charge < -0.3 is 10.1 Å². The molecule has 0 bridgehead atoms. The van der Waals surface area contributed by atoms with Crippen LogP contribution in [-0.4, -0.2) is 23.6 Å². The normalized spacial score (nSPS) is 10.2. The summed E-state index contributed by atoms with van der Waals surface area (Å²) in [7, 11) is 0. The smallest absolute Gasteiger partial charge is 0.350 e. The highest BCUT2D eigenvalue weighted by Crippen LogP contribution is 2.35. The quantitative estimate of drug-likeness (QED) is 0.471. The van der Waals surface area contributed by atoms with Crippen molar-refractivity contribution < 1.29 is 14.3 Å². The van der Waals surface area contributed by atoms with Gasteiger partial charge in [0.05, 0.1) is 12.3 Å². The predicted molar refractivity (Wildman–Crippen MR) is 116 cm³/mol. The zero-order chi connectivity index (χ0) is 19.9. The van der Waals surface area contributed by atoms with E-state index >= 15 is 0 Å². The molecule has 0 spiro atoms. The number of thiocarbonyl (C=S) groups is 1. The van der Waals surface area contributed by atoms with Crippen molar-refractivity contribution in [3.8, 4) is 10.4 Å². The van der Waals surface area contributed by atoms with Crippen LogP contribution in [0.4, 0.5) is 5.69 Å². The van der Waals surface area contributed by atoms with Crippen molar-refractivity contribution in [2.75, 3.05) is 11.9 Å². The molecule has 0 aliphatic carbocycles. The van der Waals surface area contributed by atoms with E-state index in [1.54, 1.807) is 31.2 Å². The third-order valence-corrected chi connectivity index (χ3v) is 5.13. The van der Waals surface area contributed by atoms with E-state index in [0.29, 0.717) is 16.1 Å². The fourth-order valence-corrected chi connectivity index (χ4v) is 3.71. The Hall–Kier alpha value is -3.03. The summed E-state index contributed by atoms with van der Waals surface area (Å²) in [6, 6.07) is 20.3. The largest absolute Gasteiger partial charge is 0.462 e. The highest BCUT2D eigenvalue weighted by atomic mass is 32.1. The Bertz CT molecular complexity index is 985. The molecule has 5 nitrogen and oxygen atoms in total. The molecule has 1 amide bonds. The number of rotatable bonds is 5. The fourth-order valence-electron chi connectivity index (χ4n) is 2.50. The summed E-state index contributed by atoms with van der Waals surface area (Å²) >= 11 is 6.57. The van der Waals surface area contributed by atoms with Gasteiger partial charge in [0.1, 0.15) is 4.88 Å². The molecule has 3 rings (SSSR count). The maximum Gasteiger partial charge on any atom is 0.350 e. The van der Waals surface area contributed by atoms with Gasteiger partial charge in [-0.15, -0.1) is 11.3 Å². The first kappa shape index (κ1) is 19.7. The van der Waals surface area contributed by atoms with Crippen molar-refractivity contribution >= 4 is 46.2 Å². The van der Waals surface area contributed by atoms with Crippen LogP contribution in [0.2, 0.25) is 0 Å². The number of nitrogens with one attached hydrogen (secondary N) is 2. The molecule has 3 aromatic rings. The first-order chi connectivity index (χ1) is 13.6. The van der Waals surface area contributed by atoms with E-state index in [0.717, 1.165) is 10.4 Å². The van der Waals surface area contributed by atoms with Crippen LogP contribution < -0.4 is 10.6 Å². The standard InChI is InChI=1S/C21H18N2O3S2/c1-2-26-20(25)18-16(13-17(28-18)14-9-5-3-6-10-14)22-21(27)23-19(24)15-11-7-4-8-12-15/h3-13H,2H2,1H3,(H2,22,23,24,27). The molecular weight excluding hydrogens is 392 g/mol. The molecule has 0 aliphatic rings. The number of carbonyl (C=O) groups excluding carboxylic acids is 2. The molecule has 0 radical (unpaired) electrons. The van der Waals surface area contributed by atoms with E-state index in [1.165, 1.54) is 11.3 Å². The first-order valence-electron chi connectivity index (χ1n) is 8.62. The second kappa shape index (κ2) is 9.25. The second-order valence-electron chi connectivity index (χ2n) is 5.71. The van der Waals surface area contributed by atoms with E-state index in [1.807, 2.05) is 42.5 Å². The van der Waals surface area contributed by atoms with E-state index < -0.39 is 5.97 Å². The summed E-state index contributed by atoms with van der Waals surface area (Å²) in [5.74, 6) is -0.760. The molecule has 0 saturated carbocycles. The van der Waals surface area contributed by atoms with Gasteiger partial charge in [-0.1, -0.05) is 48.5 Å². The molecule has 0 unspecified atom stereocenters. The molecule has 28 heavy (non-hydrogen) atoms. The topological polar surface area (TPSA) is 67.4 Å². The van der Waals surface area contributed by atoms with Crippen molar-refractivity contribution in [3.63, 3.8) is 0 Å². The predicted octanol–water partition coefficient (Wildman–Crippen LogP) is 4.72. The molecule has 2 N–H and O–H groups in total. The van der Waals surface area contributed by atoms with Crippen LogP contribution in [0, 0.1) is 0 Å². The Kier molecular flexibility index (Phi) is 6.52. The van der Waals surface area contributed by atoms with Gasteiger partial charge in [-0.2, -0.15) is 0 Å². The maximum atomic E-state index is 12.4. The van der Waals surface area contributed by atoms with Crippen LogP contribution in [0.25, 0.3) is 10.4 Å². The zero-order valence-electron chi connectivity index (χ0n) is 15.1. The first-order valence-corrected chi connectivity index (χ1v) is 9.84. The molecule has 0 atom stereocenters. The van der Waals surface area contributed by atoms with Gasteiger partial charge in [-0.3, -0.25) is 10.1 Å². The minimum atomic E-state index is -0.436. The summed E-state index contributed by atoms with van der Waals surface area (Å²) in [6.07, 6.45) is 0. The maximum absolute atomic E-state index is 12.4. The van der Waals surface area contributed by atoms with Crippen molar-refractivity contribution in [2.24, 2.45) is 0 Å². The monoisotopic (exact) mass is 410 g/mol. The lowest BCUT2D eigenvalue weighted by molar-refractivity contribution is 0.0533. The van der Waals surface area contributed by atoms with Crippen molar-refractivity contribution in [2.45, 2.75) is 6.92 Å². The lowest BCUT2D eigenvalue weighted by Crippen LogP contribution is -2.34. The van der Waals surface area contributed by atoms with Crippen LogP contribution in [0.1, 0.15) is 27.0 Å². The van der Waals surface area contributed by atoms with Crippen molar-refractivity contribution in [1.82, 2.24) is 5.32 Å². The molecule has 1 aromatic heterocycles. The molecule has 0 saturated heterocycles. The number of amides is 1. The number of hydrogen-bond acceptors (Lipinski definition) is 5. The van der Waals surface area contributed by atoms with Gasteiger partial charge in [0.25, 0.3) is 5.91 Å². The van der Waals surface area contributed by atoms with Crippen LogP contribution in [-0.2, 0) is 4.74 Å². The Balaban J connectivity index is 1.81. The number of esters is 1. The van der Waals surface area contributed by atoms with E-state index in [2.05, 4.69) is 10.6 Å². The number of benzene rings is 2. The number of hydrogen-bond donors (Lipinski definition) is 2. The van der Waals surface area contributed by atoms with E-state index in [-0.39, 0.29) is 17.6 Å². The molecule has 2 aromatic carbocycles. The van der Waals surface area contributed by atoms with Crippen LogP contribution in [0.5, 0.6) is 0 Å². The Morgan fingerprint density at radius 3 is 2.32 bits per heavy atom. The zero-order valence-corrected chi connectivity index (χ0v) is 16.7. The molecule has 142 valence electrons. The van der Waals surface area contributed by atoms with Gasteiger partial charge in [0, 0.05) is 10.4 Å². The van der Waals surface area contributed by atoms with Crippen LogP contribution in [0.3, 0.4) is 0 Å². The molecule has 0 fully saturated rings. The molecule has 0 aliphatic heterocycles. The van der Waals surface area contributed by atoms with Gasteiger partial charge in [0.2, 0.25) is 0 Å². The van der Waals surface area contributed by atoms with Gasteiger partial charge >= 0.3 is 5.97 Å². The number of thiophene rings is 1. The number of ether oxygens (including phenoxy) is 1. The lowest BCUT2D eigenvalue weighted by Gasteiger charge is -2.10. The van der Waals surface area contributed by atoms with E-state index in [4.69, 9.17) is 17.0 Å². The number of anilines is 1. The summed E-state index contributed by atoms with van der Waals surface area (Å²) in [5.41, 5.74) is 1.97. The Morgan fingerprint density at radius 2 is 1.68 bits per heavy atom. The average Bonchev–Trinajstić information content (AvgIpc) is 3.13. The molecular formula is C21H18N2O3S2. The lowest BCUT2D eigenvalue weighted by atomic mass is 10.2. The number of carbonyl (C=O) groups is 2. The third kappa shape index (κ3) is 4.82. The van der Waals surface area contributed by atoms with Crippen molar-refractivity contribution in [3.05, 3.63) is 77.2 Å². The highest BCUT2D eigenvalue weighted by molar-refractivity contribution is 7.80. The second-order valence-corrected chi connectivity index (χ2v) is 7.17. The summed E-state index contributed by atoms with van der Waals surface area (Å²) in [4.78, 5) is 25.9. The molecule has 7 heteroatoms. The van der Waals surface area contributed by atoms with Gasteiger partial charge in [-0.25, -0.2) is 4.79 Å². The minimum Gasteiger partial charge on any atom is -0.462 e. The summed E-state index contributed by atoms with van der Waals surface area (Å²) in [5, 5.41) is 5.68. The van der Waals surface area contributed by atoms with Gasteiger partial charge in [-0.05, 0) is 42.9 Å². The van der Waals surface area contributed by atoms with Crippen LogP contribution >= 0.6 is 23.6 Å². The highest BCUT2D eigenvalue weighted by Gasteiger charge is 2.19. The van der Waals surface area contributed by atoms with Crippen molar-refractivity contribution in [1.29, 1.82) is 0 Å². The molecule has 1 heterocycles. The van der Waals surface area contributed by atoms with E-state index in [9.17, 15) is 9.59 Å². The summed E-state index contributed by atoms with van der Waals surface area (Å²) < 4.78 is 5.15. The SMILES string of the molecule is CCOC(=O)c1sc(-c2ccccc2)cc1NC(=S)NC(=O)c1ccccc1. The van der Waals surface area contributed by atoms with Crippen LogP contribution in [0.15, 0.2) is 66.7 Å². The summed E-state index contributed by atoms with van der Waals surface area (Å²) in [6.45, 7) is 2.02. The Labute approximate surface area is 172 Å². The average molecular weight is 411 g/mol. The van der Waals surface area contributed by atoms with Gasteiger partial charge in [0.15, 0.2) is 5.11 Å². The minimum absolute atomic E-state index is 0.108. The Morgan fingerprint density at radius 1 is 1.04 bits per heavy atom. The fraction of sp³-hybridized carbons (Fsp3) is 0.0952. The third-order valence-electron chi connectivity index (χ3n) is 3.76.